The predicted molar refractivity (Wildman–Crippen MR) is 131 cm³/mol. The van der Waals surface area contributed by atoms with Crippen molar-refractivity contribution in [2.24, 2.45) is 0 Å². The number of nitrogens with zero attached hydrogens (tertiary/aromatic N) is 1. The van der Waals surface area contributed by atoms with Gasteiger partial charge in [-0.05, 0) is 43.4 Å². The third-order valence-electron chi connectivity index (χ3n) is 4.35. The zero-order valence-corrected chi connectivity index (χ0v) is 20.0. The number of fused-ring (bicyclic) bond motifs is 1. The smallest absolute Gasteiger partial charge is 0.300 e. The van der Waals surface area contributed by atoms with Gasteiger partial charge in [0.15, 0.2) is 6.29 Å². The third-order valence-corrected chi connectivity index (χ3v) is 4.35. The minimum absolute atomic E-state index is 0.0892. The number of hydrogen-bond donors (Lipinski definition) is 1. The molecule has 3 rings (SSSR count). The predicted octanol–water partition coefficient (Wildman–Crippen LogP) is 6.47. The van der Waals surface area contributed by atoms with E-state index in [0.717, 1.165) is 38.5 Å². The maximum absolute atomic E-state index is 9.00. The van der Waals surface area contributed by atoms with Crippen molar-refractivity contribution in [2.45, 2.75) is 59.7 Å². The Kier molecular flexibility index (Phi) is 13.6. The molecule has 32 heavy (non-hydrogen) atoms. The van der Waals surface area contributed by atoms with E-state index in [9.17, 15) is 0 Å². The SMILES string of the molecule is CC(=O)O.CC(C)c1ccc2ccccc2n1.CCCOC(C)OCCc1ccccc1. The summed E-state index contributed by atoms with van der Waals surface area (Å²) in [6.45, 7) is 10.9. The Morgan fingerprint density at radius 3 is 2.12 bits per heavy atom. The van der Waals surface area contributed by atoms with E-state index in [-0.39, 0.29) is 6.29 Å². The number of pyridine rings is 1. The van der Waals surface area contributed by atoms with Gasteiger partial charge in [0, 0.05) is 24.6 Å². The van der Waals surface area contributed by atoms with Gasteiger partial charge in [0.2, 0.25) is 0 Å². The molecule has 0 saturated heterocycles. The van der Waals surface area contributed by atoms with Crippen molar-refractivity contribution in [3.05, 3.63) is 78.0 Å². The van der Waals surface area contributed by atoms with E-state index >= 15 is 0 Å². The van der Waals surface area contributed by atoms with Gasteiger partial charge in [-0.25, -0.2) is 0 Å². The highest BCUT2D eigenvalue weighted by Crippen LogP contribution is 2.16. The number of carboxylic acid groups (broad SMARTS) is 1. The summed E-state index contributed by atoms with van der Waals surface area (Å²) in [5, 5.41) is 8.63. The lowest BCUT2D eigenvalue weighted by Crippen LogP contribution is -2.15. The number of aromatic nitrogens is 1. The monoisotopic (exact) mass is 439 g/mol. The first kappa shape index (κ1) is 27.3. The van der Waals surface area contributed by atoms with Crippen LogP contribution in [-0.2, 0) is 20.7 Å². The number of carboxylic acids is 1. The summed E-state index contributed by atoms with van der Waals surface area (Å²) < 4.78 is 10.9. The topological polar surface area (TPSA) is 68.7 Å². The first-order valence-corrected chi connectivity index (χ1v) is 11.2. The van der Waals surface area contributed by atoms with Crippen LogP contribution < -0.4 is 0 Å². The standard InChI is InChI=1S/C13H20O2.C12H13N.C2H4O2/c1-3-10-14-12(2)15-11-9-13-7-5-4-6-8-13;1-9(2)11-8-7-10-5-3-4-6-12(10)13-11;1-2(3)4/h4-8,12H,3,9-11H2,1-2H3;3-9H,1-2H3;1H3,(H,3,4). The average Bonchev–Trinajstić information content (AvgIpc) is 2.78. The fraction of sp³-hybridized carbons (Fsp3) is 0.407. The minimum Gasteiger partial charge on any atom is -0.481 e. The molecule has 0 aliphatic heterocycles. The van der Waals surface area contributed by atoms with E-state index in [1.807, 2.05) is 37.3 Å². The van der Waals surface area contributed by atoms with Crippen LogP contribution >= 0.6 is 0 Å². The number of hydrogen-bond acceptors (Lipinski definition) is 4. The van der Waals surface area contributed by atoms with Gasteiger partial charge in [-0.3, -0.25) is 9.78 Å². The zero-order valence-electron chi connectivity index (χ0n) is 20.0. The molecule has 0 spiro atoms. The van der Waals surface area contributed by atoms with E-state index < -0.39 is 5.97 Å². The Morgan fingerprint density at radius 2 is 1.50 bits per heavy atom. The van der Waals surface area contributed by atoms with Crippen LogP contribution in [0, 0.1) is 0 Å². The quantitative estimate of drug-likeness (QED) is 0.408. The summed E-state index contributed by atoms with van der Waals surface area (Å²) in [6, 6.07) is 22.8. The molecule has 5 heteroatoms. The fourth-order valence-electron chi connectivity index (χ4n) is 2.72. The normalized spacial score (nSPS) is 11.2. The summed E-state index contributed by atoms with van der Waals surface area (Å²) in [5.74, 6) is -0.329. The van der Waals surface area contributed by atoms with Crippen molar-refractivity contribution in [3.63, 3.8) is 0 Å². The second kappa shape index (κ2) is 16.0. The van der Waals surface area contributed by atoms with E-state index in [2.05, 4.69) is 62.2 Å². The van der Waals surface area contributed by atoms with Gasteiger partial charge < -0.3 is 14.6 Å². The summed E-state index contributed by atoms with van der Waals surface area (Å²) >= 11 is 0. The lowest BCUT2D eigenvalue weighted by molar-refractivity contribution is -0.134. The van der Waals surface area contributed by atoms with Gasteiger partial charge in [0.05, 0.1) is 12.1 Å². The van der Waals surface area contributed by atoms with Crippen LogP contribution in [0.25, 0.3) is 10.9 Å². The van der Waals surface area contributed by atoms with E-state index in [1.54, 1.807) is 0 Å². The number of ether oxygens (including phenoxy) is 2. The third kappa shape index (κ3) is 12.2. The maximum Gasteiger partial charge on any atom is 0.300 e. The minimum atomic E-state index is -0.833. The Hall–Kier alpha value is -2.76. The molecule has 0 amide bonds. The molecule has 2 aromatic carbocycles. The van der Waals surface area contributed by atoms with Crippen molar-refractivity contribution < 1.29 is 19.4 Å². The highest BCUT2D eigenvalue weighted by molar-refractivity contribution is 5.78. The van der Waals surface area contributed by atoms with Crippen LogP contribution in [0.2, 0.25) is 0 Å². The molecular weight excluding hydrogens is 402 g/mol. The van der Waals surface area contributed by atoms with Crippen LogP contribution in [0.4, 0.5) is 0 Å². The van der Waals surface area contributed by atoms with E-state index in [0.29, 0.717) is 5.92 Å². The van der Waals surface area contributed by atoms with Crippen molar-refractivity contribution >= 4 is 16.9 Å². The first-order chi connectivity index (χ1) is 15.3. The molecule has 1 unspecified atom stereocenters. The van der Waals surface area contributed by atoms with Crippen LogP contribution in [-0.4, -0.2) is 35.6 Å². The second-order valence-electron chi connectivity index (χ2n) is 7.65. The van der Waals surface area contributed by atoms with Crippen LogP contribution in [0.5, 0.6) is 0 Å². The second-order valence-corrected chi connectivity index (χ2v) is 7.65. The number of carbonyl (C=O) groups is 1. The van der Waals surface area contributed by atoms with E-state index in [1.165, 1.54) is 16.6 Å². The summed E-state index contributed by atoms with van der Waals surface area (Å²) in [7, 11) is 0. The summed E-state index contributed by atoms with van der Waals surface area (Å²) in [5.41, 5.74) is 3.56. The van der Waals surface area contributed by atoms with Crippen molar-refractivity contribution in [3.8, 4) is 0 Å². The molecule has 1 atom stereocenters. The summed E-state index contributed by atoms with van der Waals surface area (Å²) in [6.07, 6.45) is 1.89. The fourth-order valence-corrected chi connectivity index (χ4v) is 2.72. The molecule has 1 N–H and O–H groups in total. The number of rotatable bonds is 8. The van der Waals surface area contributed by atoms with Crippen molar-refractivity contribution in [1.82, 2.24) is 4.98 Å². The molecule has 0 radical (unpaired) electrons. The molecule has 1 aromatic heterocycles. The Labute approximate surface area is 192 Å². The largest absolute Gasteiger partial charge is 0.481 e. The first-order valence-electron chi connectivity index (χ1n) is 11.2. The lowest BCUT2D eigenvalue weighted by Gasteiger charge is -2.13. The molecule has 0 fully saturated rings. The molecule has 5 nitrogen and oxygen atoms in total. The molecule has 0 aliphatic rings. The molecule has 174 valence electrons. The van der Waals surface area contributed by atoms with Crippen molar-refractivity contribution in [1.29, 1.82) is 0 Å². The van der Waals surface area contributed by atoms with Gasteiger partial charge in [-0.2, -0.15) is 0 Å². The average molecular weight is 440 g/mol. The van der Waals surface area contributed by atoms with Gasteiger partial charge in [0.25, 0.3) is 5.97 Å². The molecule has 1 heterocycles. The van der Waals surface area contributed by atoms with Gasteiger partial charge in [-0.15, -0.1) is 0 Å². The summed E-state index contributed by atoms with van der Waals surface area (Å²) in [4.78, 5) is 13.6. The molecule has 3 aromatic rings. The zero-order chi connectivity index (χ0) is 23.8. The van der Waals surface area contributed by atoms with Gasteiger partial charge in [0.1, 0.15) is 0 Å². The van der Waals surface area contributed by atoms with Gasteiger partial charge >= 0.3 is 0 Å². The van der Waals surface area contributed by atoms with Crippen molar-refractivity contribution in [2.75, 3.05) is 13.2 Å². The Morgan fingerprint density at radius 1 is 0.906 bits per heavy atom. The highest BCUT2D eigenvalue weighted by Gasteiger charge is 2.01. The molecular formula is C27H37NO4. The van der Waals surface area contributed by atoms with Crippen LogP contribution in [0.1, 0.15) is 58.2 Å². The molecule has 0 saturated carbocycles. The van der Waals surface area contributed by atoms with Crippen LogP contribution in [0.15, 0.2) is 66.7 Å². The maximum atomic E-state index is 9.00. The number of para-hydroxylation sites is 1. The number of aliphatic carboxylic acids is 1. The molecule has 0 aliphatic carbocycles. The Balaban J connectivity index is 0.000000276. The Bertz CT molecular complexity index is 892. The number of benzene rings is 2. The lowest BCUT2D eigenvalue weighted by atomic mass is 10.1. The van der Waals surface area contributed by atoms with E-state index in [4.69, 9.17) is 19.4 Å². The van der Waals surface area contributed by atoms with Crippen LogP contribution in [0.3, 0.4) is 0 Å². The van der Waals surface area contributed by atoms with Gasteiger partial charge in [-0.1, -0.05) is 75.4 Å². The molecule has 0 bridgehead atoms. The highest BCUT2D eigenvalue weighted by atomic mass is 16.7.